The Kier molecular flexibility index (Phi) is 5.46. The zero-order valence-electron chi connectivity index (χ0n) is 18.6. The minimum atomic E-state index is -0.663. The molecule has 0 saturated heterocycles. The number of anilines is 1. The Morgan fingerprint density at radius 3 is 2.58 bits per heavy atom. The number of hydrogen-bond acceptors (Lipinski definition) is 7. The molecule has 8 heteroatoms. The van der Waals surface area contributed by atoms with Crippen LogP contribution in [0.15, 0.2) is 57.7 Å². The number of nitrogens with zero attached hydrogens (tertiary/aromatic N) is 3. The van der Waals surface area contributed by atoms with Crippen molar-refractivity contribution >= 4 is 33.3 Å². The highest BCUT2D eigenvalue weighted by Crippen LogP contribution is 2.42. The minimum Gasteiger partial charge on any atom is -0.494 e. The van der Waals surface area contributed by atoms with E-state index < -0.39 is 6.04 Å². The molecule has 2 aromatic carbocycles. The number of rotatable bonds is 6. The standard InChI is InChI=1S/C25H23N3O4S/c1-4-31-16-11-9-15(10-12-16)21-20-22(29)17-7-5-6-8-18(17)32-23(20)24(30)28(21)25-27-26-19(33-25)13-14(2)3/h5-12,14,21H,4,13H2,1-3H3. The Labute approximate surface area is 194 Å². The van der Waals surface area contributed by atoms with Gasteiger partial charge in [-0.25, -0.2) is 0 Å². The number of carbonyl (C=O) groups is 1. The molecule has 168 valence electrons. The first kappa shape index (κ1) is 21.3. The van der Waals surface area contributed by atoms with Crippen LogP contribution >= 0.6 is 11.3 Å². The third kappa shape index (κ3) is 3.70. The zero-order valence-corrected chi connectivity index (χ0v) is 19.4. The molecule has 0 N–H and O–H groups in total. The fraction of sp³-hybridized carbons (Fsp3) is 0.280. The smallest absolute Gasteiger partial charge is 0.297 e. The SMILES string of the molecule is CCOc1ccc(C2c3c(oc4ccccc4c3=O)C(=O)N2c2nnc(CC(C)C)s2)cc1. The average molecular weight is 462 g/mol. The van der Waals surface area contributed by atoms with E-state index in [4.69, 9.17) is 9.15 Å². The molecule has 0 aliphatic carbocycles. The highest BCUT2D eigenvalue weighted by molar-refractivity contribution is 7.15. The van der Waals surface area contributed by atoms with Crippen LogP contribution in [0.4, 0.5) is 5.13 Å². The lowest BCUT2D eigenvalue weighted by molar-refractivity contribution is 0.0970. The Morgan fingerprint density at radius 1 is 1.09 bits per heavy atom. The molecule has 2 aromatic heterocycles. The van der Waals surface area contributed by atoms with E-state index in [0.717, 1.165) is 22.7 Å². The highest BCUT2D eigenvalue weighted by Gasteiger charge is 2.45. The maximum Gasteiger partial charge on any atom is 0.297 e. The molecule has 0 radical (unpaired) electrons. The van der Waals surface area contributed by atoms with E-state index in [9.17, 15) is 9.59 Å². The molecule has 0 saturated carbocycles. The summed E-state index contributed by atoms with van der Waals surface area (Å²) < 4.78 is 11.5. The summed E-state index contributed by atoms with van der Waals surface area (Å²) in [6.45, 7) is 6.68. The molecule has 0 fully saturated rings. The van der Waals surface area contributed by atoms with Crippen LogP contribution < -0.4 is 15.1 Å². The molecule has 1 unspecified atom stereocenters. The van der Waals surface area contributed by atoms with Gasteiger partial charge >= 0.3 is 0 Å². The van der Waals surface area contributed by atoms with Crippen molar-refractivity contribution in [1.82, 2.24) is 10.2 Å². The minimum absolute atomic E-state index is 0.0539. The maximum atomic E-state index is 13.6. The van der Waals surface area contributed by atoms with Crippen molar-refractivity contribution in [3.8, 4) is 5.75 Å². The number of benzene rings is 2. The summed E-state index contributed by atoms with van der Waals surface area (Å²) in [6, 6.07) is 13.7. The summed E-state index contributed by atoms with van der Waals surface area (Å²) in [5.41, 5.74) is 1.27. The van der Waals surface area contributed by atoms with Gasteiger partial charge in [-0.1, -0.05) is 49.4 Å². The summed E-state index contributed by atoms with van der Waals surface area (Å²) in [5.74, 6) is 0.794. The molecule has 1 aliphatic heterocycles. The van der Waals surface area contributed by atoms with Gasteiger partial charge in [-0.3, -0.25) is 14.5 Å². The van der Waals surface area contributed by atoms with Crippen molar-refractivity contribution in [2.24, 2.45) is 5.92 Å². The second-order valence-corrected chi connectivity index (χ2v) is 9.37. The lowest BCUT2D eigenvalue weighted by Crippen LogP contribution is -2.29. The molecule has 1 atom stereocenters. The van der Waals surface area contributed by atoms with E-state index in [1.165, 1.54) is 16.2 Å². The molecular weight excluding hydrogens is 438 g/mol. The zero-order chi connectivity index (χ0) is 23.1. The van der Waals surface area contributed by atoms with Crippen LogP contribution in [0.3, 0.4) is 0 Å². The number of carbonyl (C=O) groups excluding carboxylic acids is 1. The first-order valence-corrected chi connectivity index (χ1v) is 11.7. The third-order valence-electron chi connectivity index (χ3n) is 5.53. The van der Waals surface area contributed by atoms with Crippen molar-refractivity contribution in [1.29, 1.82) is 0 Å². The third-order valence-corrected chi connectivity index (χ3v) is 6.47. The van der Waals surface area contributed by atoms with Gasteiger partial charge in [-0.15, -0.1) is 10.2 Å². The van der Waals surface area contributed by atoms with E-state index in [2.05, 4.69) is 24.0 Å². The predicted molar refractivity (Wildman–Crippen MR) is 127 cm³/mol. The van der Waals surface area contributed by atoms with Crippen LogP contribution in [0.2, 0.25) is 0 Å². The summed E-state index contributed by atoms with van der Waals surface area (Å²) >= 11 is 1.37. The molecule has 4 aromatic rings. The maximum absolute atomic E-state index is 13.6. The van der Waals surface area contributed by atoms with E-state index >= 15 is 0 Å². The van der Waals surface area contributed by atoms with Crippen LogP contribution in [0, 0.1) is 5.92 Å². The van der Waals surface area contributed by atoms with Gasteiger partial charge in [0.05, 0.1) is 23.6 Å². The van der Waals surface area contributed by atoms with Gasteiger partial charge in [0, 0.05) is 6.42 Å². The molecular formula is C25H23N3O4S. The molecule has 33 heavy (non-hydrogen) atoms. The topological polar surface area (TPSA) is 85.5 Å². The van der Waals surface area contributed by atoms with E-state index in [-0.39, 0.29) is 17.1 Å². The molecule has 1 aliphatic rings. The monoisotopic (exact) mass is 461 g/mol. The number of ether oxygens (including phenoxy) is 1. The Balaban J connectivity index is 1.69. The van der Waals surface area contributed by atoms with Crippen LogP contribution in [-0.4, -0.2) is 22.7 Å². The Morgan fingerprint density at radius 2 is 1.85 bits per heavy atom. The summed E-state index contributed by atoms with van der Waals surface area (Å²) in [5, 5.41) is 10.3. The lowest BCUT2D eigenvalue weighted by Gasteiger charge is -2.22. The Hall–Kier alpha value is -3.52. The normalized spacial score (nSPS) is 15.5. The van der Waals surface area contributed by atoms with Gasteiger partial charge < -0.3 is 9.15 Å². The Bertz CT molecular complexity index is 1390. The van der Waals surface area contributed by atoms with Gasteiger partial charge in [0.15, 0.2) is 5.43 Å². The van der Waals surface area contributed by atoms with Gasteiger partial charge in [0.25, 0.3) is 5.91 Å². The second kappa shape index (κ2) is 8.44. The van der Waals surface area contributed by atoms with Crippen molar-refractivity contribution in [2.75, 3.05) is 11.5 Å². The average Bonchev–Trinajstić information content (AvgIpc) is 3.36. The molecule has 3 heterocycles. The lowest BCUT2D eigenvalue weighted by atomic mass is 9.98. The second-order valence-electron chi connectivity index (χ2n) is 8.33. The fourth-order valence-corrected chi connectivity index (χ4v) is 5.20. The van der Waals surface area contributed by atoms with Crippen LogP contribution in [-0.2, 0) is 6.42 Å². The summed E-state index contributed by atoms with van der Waals surface area (Å²) in [7, 11) is 0. The summed E-state index contributed by atoms with van der Waals surface area (Å²) in [6.07, 6.45) is 0.765. The van der Waals surface area contributed by atoms with Crippen molar-refractivity contribution < 1.29 is 13.9 Å². The largest absolute Gasteiger partial charge is 0.494 e. The molecule has 7 nitrogen and oxygen atoms in total. The first-order valence-electron chi connectivity index (χ1n) is 10.9. The van der Waals surface area contributed by atoms with Crippen molar-refractivity contribution in [2.45, 2.75) is 33.2 Å². The van der Waals surface area contributed by atoms with Crippen LogP contribution in [0.1, 0.15) is 53.5 Å². The van der Waals surface area contributed by atoms with Crippen LogP contribution in [0.5, 0.6) is 5.75 Å². The van der Waals surface area contributed by atoms with Gasteiger partial charge in [0.1, 0.15) is 16.3 Å². The van der Waals surface area contributed by atoms with Gasteiger partial charge in [0.2, 0.25) is 10.9 Å². The molecule has 0 spiro atoms. The fourth-order valence-electron chi connectivity index (χ4n) is 4.12. The first-order chi connectivity index (χ1) is 16.0. The van der Waals surface area contributed by atoms with Crippen LogP contribution in [0.25, 0.3) is 11.0 Å². The number of amides is 1. The number of hydrogen-bond donors (Lipinski definition) is 0. The molecule has 5 rings (SSSR count). The van der Waals surface area contributed by atoms with Crippen molar-refractivity contribution in [3.05, 3.63) is 80.6 Å². The van der Waals surface area contributed by atoms with E-state index in [0.29, 0.717) is 34.2 Å². The number of fused-ring (bicyclic) bond motifs is 2. The molecule has 0 bridgehead atoms. The molecule has 1 amide bonds. The van der Waals surface area contributed by atoms with Crippen molar-refractivity contribution in [3.63, 3.8) is 0 Å². The predicted octanol–water partition coefficient (Wildman–Crippen LogP) is 4.99. The highest BCUT2D eigenvalue weighted by atomic mass is 32.1. The summed E-state index contributed by atoms with van der Waals surface area (Å²) in [4.78, 5) is 28.7. The quantitative estimate of drug-likeness (QED) is 0.402. The number of aromatic nitrogens is 2. The number of para-hydroxylation sites is 1. The van der Waals surface area contributed by atoms with Gasteiger partial charge in [-0.2, -0.15) is 0 Å². The van der Waals surface area contributed by atoms with E-state index in [1.807, 2.05) is 31.2 Å². The van der Waals surface area contributed by atoms with Gasteiger partial charge in [-0.05, 0) is 42.7 Å². The van der Waals surface area contributed by atoms with E-state index in [1.54, 1.807) is 24.3 Å².